The summed E-state index contributed by atoms with van der Waals surface area (Å²) >= 11 is 7.44. The Kier molecular flexibility index (Phi) is 4.45. The molecule has 0 radical (unpaired) electrons. The van der Waals surface area contributed by atoms with Crippen molar-refractivity contribution in [3.05, 3.63) is 52.7 Å². The molecule has 2 rings (SSSR count). The van der Waals surface area contributed by atoms with Gasteiger partial charge in [0.05, 0.1) is 10.6 Å². The Morgan fingerprint density at radius 1 is 1.42 bits per heavy atom. The minimum atomic E-state index is -0.205. The smallest absolute Gasteiger partial charge is 0.163 e. The topological polar surface area (TPSA) is 50.2 Å². The highest BCUT2D eigenvalue weighted by Gasteiger charge is 2.13. The Balaban J connectivity index is 2.23. The summed E-state index contributed by atoms with van der Waals surface area (Å²) in [6.07, 6.45) is 1.71. The van der Waals surface area contributed by atoms with Crippen molar-refractivity contribution in [1.29, 1.82) is 0 Å². The van der Waals surface area contributed by atoms with E-state index in [1.54, 1.807) is 12.3 Å². The van der Waals surface area contributed by atoms with Crippen LogP contribution in [0.3, 0.4) is 0 Å². The molecule has 1 aromatic carbocycles. The third kappa shape index (κ3) is 3.49. The molecule has 0 unspecified atom stereocenters. The van der Waals surface area contributed by atoms with E-state index in [0.717, 1.165) is 5.03 Å². The second-order valence-corrected chi connectivity index (χ2v) is 5.41. The minimum Gasteiger partial charge on any atom is -0.507 e. The van der Waals surface area contributed by atoms with E-state index in [1.807, 2.05) is 18.2 Å². The zero-order valence-corrected chi connectivity index (χ0v) is 11.8. The highest BCUT2D eigenvalue weighted by atomic mass is 35.5. The zero-order chi connectivity index (χ0) is 13.8. The van der Waals surface area contributed by atoms with Gasteiger partial charge in [0.15, 0.2) is 5.78 Å². The van der Waals surface area contributed by atoms with Crippen molar-refractivity contribution >= 4 is 29.1 Å². The number of ketones is 1. The number of benzene rings is 1. The minimum absolute atomic E-state index is 0.000307. The van der Waals surface area contributed by atoms with E-state index < -0.39 is 0 Å². The van der Waals surface area contributed by atoms with Crippen LogP contribution in [0.4, 0.5) is 0 Å². The largest absolute Gasteiger partial charge is 0.507 e. The van der Waals surface area contributed by atoms with E-state index in [1.165, 1.54) is 24.8 Å². The van der Waals surface area contributed by atoms with Gasteiger partial charge in [0, 0.05) is 22.5 Å². The van der Waals surface area contributed by atoms with Gasteiger partial charge in [-0.2, -0.15) is 0 Å². The summed E-state index contributed by atoms with van der Waals surface area (Å²) in [5.41, 5.74) is 0.887. The molecule has 3 nitrogen and oxygen atoms in total. The number of Topliss-reactive ketones (excluding diaryl/α,β-unsaturated/α-hetero) is 1. The lowest BCUT2D eigenvalue weighted by molar-refractivity contribution is 0.101. The molecule has 0 amide bonds. The standard InChI is InChI=1S/C14H12ClNO2S/c1-9(17)12-7-11(15)6-10(14(12)18)8-19-13-4-2-3-5-16-13/h2-7,18H,8H2,1H3. The summed E-state index contributed by atoms with van der Waals surface area (Å²) in [4.78, 5) is 15.6. The lowest BCUT2D eigenvalue weighted by Crippen LogP contribution is -1.96. The molecule has 0 atom stereocenters. The van der Waals surface area contributed by atoms with Gasteiger partial charge >= 0.3 is 0 Å². The first-order chi connectivity index (χ1) is 9.08. The average Bonchev–Trinajstić information content (AvgIpc) is 2.40. The van der Waals surface area contributed by atoms with Gasteiger partial charge in [-0.25, -0.2) is 4.98 Å². The first kappa shape index (κ1) is 13.9. The average molecular weight is 294 g/mol. The molecule has 1 aromatic heterocycles. The van der Waals surface area contributed by atoms with Gasteiger partial charge in [0.2, 0.25) is 0 Å². The van der Waals surface area contributed by atoms with Gasteiger partial charge in [0.25, 0.3) is 0 Å². The van der Waals surface area contributed by atoms with E-state index >= 15 is 0 Å². The molecular weight excluding hydrogens is 282 g/mol. The van der Waals surface area contributed by atoms with Gasteiger partial charge in [-0.1, -0.05) is 17.7 Å². The second kappa shape index (κ2) is 6.08. The molecule has 5 heteroatoms. The Morgan fingerprint density at radius 2 is 2.21 bits per heavy atom. The molecule has 0 fully saturated rings. The summed E-state index contributed by atoms with van der Waals surface area (Å²) in [5, 5.41) is 11.3. The maximum Gasteiger partial charge on any atom is 0.163 e. The van der Waals surface area contributed by atoms with Crippen LogP contribution in [0.2, 0.25) is 5.02 Å². The van der Waals surface area contributed by atoms with Gasteiger partial charge in [-0.15, -0.1) is 11.8 Å². The van der Waals surface area contributed by atoms with Crippen LogP contribution in [-0.2, 0) is 5.75 Å². The predicted molar refractivity (Wildman–Crippen MR) is 76.9 cm³/mol. The molecule has 1 heterocycles. The van der Waals surface area contributed by atoms with Crippen LogP contribution >= 0.6 is 23.4 Å². The second-order valence-electron chi connectivity index (χ2n) is 3.97. The van der Waals surface area contributed by atoms with Gasteiger partial charge in [-0.3, -0.25) is 4.79 Å². The lowest BCUT2D eigenvalue weighted by Gasteiger charge is -2.08. The van der Waals surface area contributed by atoms with Crippen LogP contribution in [0.5, 0.6) is 5.75 Å². The fraction of sp³-hybridized carbons (Fsp3) is 0.143. The molecule has 98 valence electrons. The van der Waals surface area contributed by atoms with Crippen molar-refractivity contribution < 1.29 is 9.90 Å². The molecule has 1 N–H and O–H groups in total. The van der Waals surface area contributed by atoms with E-state index in [2.05, 4.69) is 4.98 Å². The molecular formula is C14H12ClNO2S. The van der Waals surface area contributed by atoms with Crippen LogP contribution in [0.1, 0.15) is 22.8 Å². The zero-order valence-electron chi connectivity index (χ0n) is 10.3. The van der Waals surface area contributed by atoms with Crippen LogP contribution in [0.15, 0.2) is 41.6 Å². The molecule has 0 spiro atoms. The number of pyridine rings is 1. The number of aromatic hydroxyl groups is 1. The summed E-state index contributed by atoms with van der Waals surface area (Å²) in [6.45, 7) is 1.40. The van der Waals surface area contributed by atoms with Crippen LogP contribution in [0, 0.1) is 0 Å². The van der Waals surface area contributed by atoms with Gasteiger partial charge < -0.3 is 5.11 Å². The number of aromatic nitrogens is 1. The Labute approximate surface area is 120 Å². The molecule has 0 aliphatic rings. The van der Waals surface area contributed by atoms with Crippen molar-refractivity contribution in [2.75, 3.05) is 0 Å². The van der Waals surface area contributed by atoms with E-state index in [4.69, 9.17) is 11.6 Å². The molecule has 0 bridgehead atoms. The van der Waals surface area contributed by atoms with Crippen LogP contribution in [0.25, 0.3) is 0 Å². The fourth-order valence-corrected chi connectivity index (χ4v) is 2.69. The molecule has 0 aliphatic carbocycles. The number of phenolic OH excluding ortho intramolecular Hbond substituents is 1. The van der Waals surface area contributed by atoms with E-state index in [9.17, 15) is 9.90 Å². The van der Waals surface area contributed by atoms with Gasteiger partial charge in [0.1, 0.15) is 5.75 Å². The number of hydrogen-bond donors (Lipinski definition) is 1. The summed E-state index contributed by atoms with van der Waals surface area (Å²) < 4.78 is 0. The molecule has 0 aliphatic heterocycles. The SMILES string of the molecule is CC(=O)c1cc(Cl)cc(CSc2ccccn2)c1O. The fourth-order valence-electron chi connectivity index (χ4n) is 1.62. The van der Waals surface area contributed by atoms with Gasteiger partial charge in [-0.05, 0) is 31.2 Å². The maximum atomic E-state index is 11.4. The lowest BCUT2D eigenvalue weighted by atomic mass is 10.1. The first-order valence-electron chi connectivity index (χ1n) is 5.64. The Bertz CT molecular complexity index is 602. The number of hydrogen-bond acceptors (Lipinski definition) is 4. The summed E-state index contributed by atoms with van der Waals surface area (Å²) in [7, 11) is 0. The van der Waals surface area contributed by atoms with E-state index in [-0.39, 0.29) is 17.1 Å². The Morgan fingerprint density at radius 3 is 2.84 bits per heavy atom. The first-order valence-corrected chi connectivity index (χ1v) is 7.00. The molecule has 0 saturated carbocycles. The van der Waals surface area contributed by atoms with E-state index in [0.29, 0.717) is 16.3 Å². The molecule has 0 saturated heterocycles. The number of nitrogens with zero attached hydrogens (tertiary/aromatic N) is 1. The number of phenols is 1. The van der Waals surface area contributed by atoms with Crippen LogP contribution < -0.4 is 0 Å². The maximum absolute atomic E-state index is 11.4. The van der Waals surface area contributed by atoms with Crippen molar-refractivity contribution in [2.45, 2.75) is 17.7 Å². The highest BCUT2D eigenvalue weighted by Crippen LogP contribution is 2.32. The highest BCUT2D eigenvalue weighted by molar-refractivity contribution is 7.98. The quantitative estimate of drug-likeness (QED) is 0.685. The van der Waals surface area contributed by atoms with Crippen molar-refractivity contribution in [2.24, 2.45) is 0 Å². The predicted octanol–water partition coefficient (Wildman–Crippen LogP) is 3.94. The monoisotopic (exact) mass is 293 g/mol. The van der Waals surface area contributed by atoms with Crippen LogP contribution in [-0.4, -0.2) is 15.9 Å². The Hall–Kier alpha value is -1.52. The van der Waals surface area contributed by atoms with Crippen molar-refractivity contribution in [3.8, 4) is 5.75 Å². The number of halogens is 1. The summed E-state index contributed by atoms with van der Waals surface area (Å²) in [6, 6.07) is 8.77. The third-order valence-electron chi connectivity index (χ3n) is 2.55. The number of carbonyl (C=O) groups is 1. The molecule has 19 heavy (non-hydrogen) atoms. The summed E-state index contributed by atoms with van der Waals surface area (Å²) in [5.74, 6) is 0.299. The number of carbonyl (C=O) groups excluding carboxylic acids is 1. The number of rotatable bonds is 4. The third-order valence-corrected chi connectivity index (χ3v) is 3.76. The normalized spacial score (nSPS) is 10.4. The van der Waals surface area contributed by atoms with Crippen molar-refractivity contribution in [1.82, 2.24) is 4.98 Å². The van der Waals surface area contributed by atoms with Crippen molar-refractivity contribution in [3.63, 3.8) is 0 Å². The number of thioether (sulfide) groups is 1. The molecule has 2 aromatic rings.